The molecular weight excluding hydrogens is 358 g/mol. The Morgan fingerprint density at radius 1 is 1.19 bits per heavy atom. The van der Waals surface area contributed by atoms with Crippen LogP contribution in [0.1, 0.15) is 41.9 Å². The van der Waals surface area contributed by atoms with Crippen LogP contribution in [0, 0.1) is 5.92 Å². The van der Waals surface area contributed by atoms with E-state index in [0.29, 0.717) is 31.6 Å². The lowest BCUT2D eigenvalue weighted by atomic mass is 9.95. The summed E-state index contributed by atoms with van der Waals surface area (Å²) in [6.45, 7) is 3.23. The van der Waals surface area contributed by atoms with E-state index in [1.165, 1.54) is 0 Å². The van der Waals surface area contributed by atoms with Gasteiger partial charge in [-0.05, 0) is 42.8 Å². The van der Waals surface area contributed by atoms with Crippen LogP contribution in [0.25, 0.3) is 10.2 Å². The van der Waals surface area contributed by atoms with E-state index in [1.807, 2.05) is 59.7 Å². The highest BCUT2D eigenvalue weighted by Crippen LogP contribution is 2.24. The number of thiophene rings is 1. The van der Waals surface area contributed by atoms with Gasteiger partial charge in [0.1, 0.15) is 10.5 Å². The highest BCUT2D eigenvalue weighted by atomic mass is 32.1. The molecule has 0 saturated carbocycles. The zero-order valence-corrected chi connectivity index (χ0v) is 16.1. The molecule has 2 N–H and O–H groups in total. The van der Waals surface area contributed by atoms with Gasteiger partial charge in [0.25, 0.3) is 5.91 Å². The van der Waals surface area contributed by atoms with Gasteiger partial charge in [-0.2, -0.15) is 0 Å². The standard InChI is InChI=1S/C21H23N3O2S/c1-14(15-5-3-2-4-6-15)22-19(25)16-7-10-24(11-8-16)21(26)18-13-17-9-12-27-20(17)23-18/h2-6,9,12-14,16,23H,7-8,10-11H2,1H3,(H,22,25). The molecule has 6 heteroatoms. The summed E-state index contributed by atoms with van der Waals surface area (Å²) >= 11 is 1.60. The van der Waals surface area contributed by atoms with Gasteiger partial charge in [-0.1, -0.05) is 30.3 Å². The largest absolute Gasteiger partial charge is 0.349 e. The van der Waals surface area contributed by atoms with Crippen molar-refractivity contribution in [3.05, 3.63) is 59.1 Å². The first kappa shape index (κ1) is 17.8. The third-order valence-corrected chi connectivity index (χ3v) is 6.13. The van der Waals surface area contributed by atoms with Crippen molar-refractivity contribution in [1.82, 2.24) is 15.2 Å². The lowest BCUT2D eigenvalue weighted by Crippen LogP contribution is -2.43. The van der Waals surface area contributed by atoms with Crippen molar-refractivity contribution in [3.8, 4) is 0 Å². The third-order valence-electron chi connectivity index (χ3n) is 5.29. The maximum absolute atomic E-state index is 12.7. The molecule has 140 valence electrons. The Hall–Kier alpha value is -2.60. The van der Waals surface area contributed by atoms with Crippen molar-refractivity contribution < 1.29 is 9.59 Å². The zero-order valence-electron chi connectivity index (χ0n) is 15.3. The summed E-state index contributed by atoms with van der Waals surface area (Å²) in [4.78, 5) is 31.4. The fourth-order valence-electron chi connectivity index (χ4n) is 3.63. The Labute approximate surface area is 162 Å². The average Bonchev–Trinajstić information content (AvgIpc) is 3.30. The number of nitrogens with one attached hydrogen (secondary N) is 2. The summed E-state index contributed by atoms with van der Waals surface area (Å²) in [6, 6.07) is 13.9. The molecular formula is C21H23N3O2S. The van der Waals surface area contributed by atoms with Gasteiger partial charge in [-0.3, -0.25) is 9.59 Å². The number of fused-ring (bicyclic) bond motifs is 1. The van der Waals surface area contributed by atoms with Crippen LogP contribution in [0.5, 0.6) is 0 Å². The quantitative estimate of drug-likeness (QED) is 0.718. The molecule has 1 saturated heterocycles. The Kier molecular flexibility index (Phi) is 4.99. The SMILES string of the molecule is CC(NC(=O)C1CCN(C(=O)c2cc3ccsc3[nH]2)CC1)c1ccccc1. The second-order valence-electron chi connectivity index (χ2n) is 7.10. The monoisotopic (exact) mass is 381 g/mol. The number of aromatic amines is 1. The Morgan fingerprint density at radius 2 is 1.93 bits per heavy atom. The van der Waals surface area contributed by atoms with Gasteiger partial charge in [-0.15, -0.1) is 11.3 Å². The van der Waals surface area contributed by atoms with Crippen LogP contribution in [0.4, 0.5) is 0 Å². The van der Waals surface area contributed by atoms with Crippen LogP contribution in [0.3, 0.4) is 0 Å². The van der Waals surface area contributed by atoms with E-state index < -0.39 is 0 Å². The molecule has 0 aliphatic carbocycles. The molecule has 3 aromatic rings. The Morgan fingerprint density at radius 3 is 2.63 bits per heavy atom. The minimum atomic E-state index is -0.0349. The minimum absolute atomic E-state index is 0.00906. The van der Waals surface area contributed by atoms with Gasteiger partial charge < -0.3 is 15.2 Å². The summed E-state index contributed by atoms with van der Waals surface area (Å²) in [6.07, 6.45) is 1.41. The molecule has 1 aliphatic rings. The first-order valence-corrected chi connectivity index (χ1v) is 10.2. The zero-order chi connectivity index (χ0) is 18.8. The molecule has 1 atom stereocenters. The molecule has 2 amide bonds. The highest BCUT2D eigenvalue weighted by Gasteiger charge is 2.29. The number of rotatable bonds is 4. The third kappa shape index (κ3) is 3.76. The first-order chi connectivity index (χ1) is 13.1. The number of piperidine rings is 1. The molecule has 1 aromatic carbocycles. The van der Waals surface area contributed by atoms with Crippen molar-refractivity contribution >= 4 is 33.4 Å². The van der Waals surface area contributed by atoms with Crippen LogP contribution < -0.4 is 5.32 Å². The van der Waals surface area contributed by atoms with Gasteiger partial charge in [0.15, 0.2) is 0 Å². The van der Waals surface area contributed by atoms with Crippen molar-refractivity contribution in [2.24, 2.45) is 5.92 Å². The number of hydrogen-bond acceptors (Lipinski definition) is 3. The normalized spacial score (nSPS) is 16.4. The summed E-state index contributed by atoms with van der Waals surface area (Å²) in [5.74, 6) is 0.0705. The van der Waals surface area contributed by atoms with E-state index in [0.717, 1.165) is 15.8 Å². The van der Waals surface area contributed by atoms with Crippen molar-refractivity contribution in [2.45, 2.75) is 25.8 Å². The van der Waals surface area contributed by atoms with Crippen LogP contribution in [-0.4, -0.2) is 34.8 Å². The van der Waals surface area contributed by atoms with Crippen molar-refractivity contribution in [2.75, 3.05) is 13.1 Å². The lowest BCUT2D eigenvalue weighted by molar-refractivity contribution is -0.126. The number of carbonyl (C=O) groups excluding carboxylic acids is 2. The van der Waals surface area contributed by atoms with Gasteiger partial charge >= 0.3 is 0 Å². The number of benzene rings is 1. The number of aromatic nitrogens is 1. The van der Waals surface area contributed by atoms with E-state index >= 15 is 0 Å². The van der Waals surface area contributed by atoms with E-state index in [2.05, 4.69) is 10.3 Å². The van der Waals surface area contributed by atoms with Gasteiger partial charge in [0.05, 0.1) is 6.04 Å². The molecule has 1 aliphatic heterocycles. The molecule has 27 heavy (non-hydrogen) atoms. The predicted molar refractivity (Wildman–Crippen MR) is 108 cm³/mol. The van der Waals surface area contributed by atoms with E-state index in [4.69, 9.17) is 0 Å². The topological polar surface area (TPSA) is 65.2 Å². The fraction of sp³-hybridized carbons (Fsp3) is 0.333. The highest BCUT2D eigenvalue weighted by molar-refractivity contribution is 7.16. The molecule has 0 bridgehead atoms. The number of hydrogen-bond donors (Lipinski definition) is 2. The summed E-state index contributed by atoms with van der Waals surface area (Å²) in [7, 11) is 0. The van der Waals surface area contributed by atoms with Crippen LogP contribution in [0.2, 0.25) is 0 Å². The second-order valence-corrected chi connectivity index (χ2v) is 8.01. The number of nitrogens with zero attached hydrogens (tertiary/aromatic N) is 1. The lowest BCUT2D eigenvalue weighted by Gasteiger charge is -2.31. The van der Waals surface area contributed by atoms with Gasteiger partial charge in [0.2, 0.25) is 5.91 Å². The summed E-state index contributed by atoms with van der Waals surface area (Å²) in [5, 5.41) is 6.20. The maximum atomic E-state index is 12.7. The van der Waals surface area contributed by atoms with E-state index in [-0.39, 0.29) is 23.8 Å². The molecule has 0 spiro atoms. The van der Waals surface area contributed by atoms with E-state index in [1.54, 1.807) is 11.3 Å². The van der Waals surface area contributed by atoms with Gasteiger partial charge in [0, 0.05) is 24.4 Å². The molecule has 3 heterocycles. The number of amides is 2. The molecule has 4 rings (SSSR count). The number of H-pyrrole nitrogens is 1. The van der Waals surface area contributed by atoms with E-state index in [9.17, 15) is 9.59 Å². The molecule has 2 aromatic heterocycles. The Balaban J connectivity index is 1.32. The molecule has 5 nitrogen and oxygen atoms in total. The van der Waals surface area contributed by atoms with Crippen molar-refractivity contribution in [3.63, 3.8) is 0 Å². The Bertz CT molecular complexity index is 910. The predicted octanol–water partition coefficient (Wildman–Crippen LogP) is 3.96. The van der Waals surface area contributed by atoms with Crippen LogP contribution in [-0.2, 0) is 4.79 Å². The molecule has 1 unspecified atom stereocenters. The van der Waals surface area contributed by atoms with Crippen molar-refractivity contribution in [1.29, 1.82) is 0 Å². The first-order valence-electron chi connectivity index (χ1n) is 9.32. The second kappa shape index (κ2) is 7.56. The fourth-order valence-corrected chi connectivity index (χ4v) is 4.42. The summed E-state index contributed by atoms with van der Waals surface area (Å²) in [5.41, 5.74) is 1.74. The minimum Gasteiger partial charge on any atom is -0.349 e. The number of carbonyl (C=O) groups is 2. The van der Waals surface area contributed by atoms with Crippen LogP contribution in [0.15, 0.2) is 47.8 Å². The molecule has 1 fully saturated rings. The van der Waals surface area contributed by atoms with Gasteiger partial charge in [-0.25, -0.2) is 0 Å². The summed E-state index contributed by atoms with van der Waals surface area (Å²) < 4.78 is 0. The average molecular weight is 382 g/mol. The molecule has 0 radical (unpaired) electrons. The number of likely N-dealkylation sites (tertiary alicyclic amines) is 1. The van der Waals surface area contributed by atoms with Crippen LogP contribution >= 0.6 is 11.3 Å². The maximum Gasteiger partial charge on any atom is 0.270 e. The smallest absolute Gasteiger partial charge is 0.270 e.